The van der Waals surface area contributed by atoms with Gasteiger partial charge < -0.3 is 15.2 Å². The number of fused-ring (bicyclic) bond motifs is 1. The van der Waals surface area contributed by atoms with E-state index in [9.17, 15) is 18.0 Å². The Morgan fingerprint density at radius 3 is 2.48 bits per heavy atom. The maximum absolute atomic E-state index is 14.4. The fraction of sp³-hybridized carbons (Fsp3) is 0.318. The zero-order valence-corrected chi connectivity index (χ0v) is 15.6. The molecule has 2 fully saturated rings. The van der Waals surface area contributed by atoms with Gasteiger partial charge in [-0.25, -0.2) is 18.0 Å². The van der Waals surface area contributed by atoms with E-state index in [0.29, 0.717) is 36.6 Å². The van der Waals surface area contributed by atoms with Crippen LogP contribution >= 0.6 is 0 Å². The van der Waals surface area contributed by atoms with E-state index in [0.717, 1.165) is 30.0 Å². The summed E-state index contributed by atoms with van der Waals surface area (Å²) < 4.78 is 41.8. The summed E-state index contributed by atoms with van der Waals surface area (Å²) in [6, 6.07) is 8.20. The highest BCUT2D eigenvalue weighted by Crippen LogP contribution is 2.48. The third kappa shape index (κ3) is 3.14. The standard InChI is InChI=1S/C22H20F3N3O/c23-15-3-1-13(2-4-15)20-19(17-9-16(24)10-18(25)21(17)27-20)14-7-12(8-14)11-28-6-5-26-22(28)29/h1-4,9-10,12,14,27H,5-8,11H2,(H,26,29). The summed E-state index contributed by atoms with van der Waals surface area (Å²) in [5, 5.41) is 3.33. The van der Waals surface area contributed by atoms with Gasteiger partial charge in [0.05, 0.1) is 11.2 Å². The molecule has 1 saturated heterocycles. The largest absolute Gasteiger partial charge is 0.352 e. The molecule has 150 valence electrons. The van der Waals surface area contributed by atoms with Crippen molar-refractivity contribution >= 4 is 16.9 Å². The zero-order chi connectivity index (χ0) is 20.1. The van der Waals surface area contributed by atoms with Crippen molar-refractivity contribution in [3.63, 3.8) is 0 Å². The van der Waals surface area contributed by atoms with E-state index in [2.05, 4.69) is 10.3 Å². The lowest BCUT2D eigenvalue weighted by atomic mass is 9.70. The van der Waals surface area contributed by atoms with Crippen LogP contribution in [0.25, 0.3) is 22.2 Å². The van der Waals surface area contributed by atoms with Gasteiger partial charge >= 0.3 is 6.03 Å². The van der Waals surface area contributed by atoms with E-state index in [-0.39, 0.29) is 23.3 Å². The van der Waals surface area contributed by atoms with Crippen molar-refractivity contribution in [3.05, 3.63) is 59.4 Å². The van der Waals surface area contributed by atoms with Crippen molar-refractivity contribution in [1.82, 2.24) is 15.2 Å². The Morgan fingerprint density at radius 2 is 1.79 bits per heavy atom. The number of aromatic amines is 1. The van der Waals surface area contributed by atoms with Crippen molar-refractivity contribution < 1.29 is 18.0 Å². The van der Waals surface area contributed by atoms with E-state index >= 15 is 0 Å². The Bertz CT molecular complexity index is 1090. The molecule has 5 rings (SSSR count). The predicted octanol–water partition coefficient (Wildman–Crippen LogP) is 4.77. The van der Waals surface area contributed by atoms with Crippen LogP contribution in [-0.2, 0) is 0 Å². The Morgan fingerprint density at radius 1 is 1.03 bits per heavy atom. The smallest absolute Gasteiger partial charge is 0.317 e. The van der Waals surface area contributed by atoms with Gasteiger partial charge in [-0.05, 0) is 66.1 Å². The molecule has 2 heterocycles. The second-order valence-electron chi connectivity index (χ2n) is 7.94. The summed E-state index contributed by atoms with van der Waals surface area (Å²) in [4.78, 5) is 16.7. The van der Waals surface area contributed by atoms with Gasteiger partial charge in [-0.3, -0.25) is 0 Å². The Labute approximate surface area is 165 Å². The Kier molecular flexibility index (Phi) is 4.26. The SMILES string of the molecule is O=C1NCCN1CC1CC(c2c(-c3ccc(F)cc3)[nH]c3c(F)cc(F)cc23)C1. The molecule has 0 radical (unpaired) electrons. The molecule has 1 aliphatic carbocycles. The number of halogens is 3. The number of hydrogen-bond acceptors (Lipinski definition) is 1. The fourth-order valence-electron chi connectivity index (χ4n) is 4.63. The van der Waals surface area contributed by atoms with Crippen molar-refractivity contribution in [2.24, 2.45) is 5.92 Å². The zero-order valence-electron chi connectivity index (χ0n) is 15.6. The number of carbonyl (C=O) groups is 1. The minimum atomic E-state index is -0.640. The first-order valence-corrected chi connectivity index (χ1v) is 9.79. The highest BCUT2D eigenvalue weighted by Gasteiger charge is 2.36. The first-order valence-electron chi connectivity index (χ1n) is 9.79. The number of rotatable bonds is 4. The number of carbonyl (C=O) groups excluding carboxylic acids is 1. The van der Waals surface area contributed by atoms with Gasteiger partial charge in [-0.2, -0.15) is 0 Å². The number of amides is 2. The number of urea groups is 1. The van der Waals surface area contributed by atoms with Gasteiger partial charge in [-0.15, -0.1) is 0 Å². The molecule has 1 saturated carbocycles. The molecule has 29 heavy (non-hydrogen) atoms. The van der Waals surface area contributed by atoms with Crippen LogP contribution in [0.2, 0.25) is 0 Å². The summed E-state index contributed by atoms with van der Waals surface area (Å²) in [6.07, 6.45) is 1.67. The normalized spacial score (nSPS) is 21.5. The number of hydrogen-bond donors (Lipinski definition) is 2. The average Bonchev–Trinajstić information content (AvgIpc) is 3.22. The second-order valence-corrected chi connectivity index (χ2v) is 7.94. The molecule has 4 nitrogen and oxygen atoms in total. The number of nitrogens with one attached hydrogen (secondary N) is 2. The molecule has 0 unspecified atom stereocenters. The highest BCUT2D eigenvalue weighted by molar-refractivity contribution is 5.92. The topological polar surface area (TPSA) is 48.1 Å². The van der Waals surface area contributed by atoms with Crippen molar-refractivity contribution in [2.75, 3.05) is 19.6 Å². The van der Waals surface area contributed by atoms with E-state index in [1.54, 1.807) is 12.1 Å². The lowest BCUT2D eigenvalue weighted by Crippen LogP contribution is -2.37. The molecule has 2 aromatic carbocycles. The van der Waals surface area contributed by atoms with Gasteiger partial charge in [0.2, 0.25) is 0 Å². The minimum Gasteiger partial charge on any atom is -0.352 e. The third-order valence-electron chi connectivity index (χ3n) is 6.07. The Hall–Kier alpha value is -2.96. The molecule has 7 heteroatoms. The van der Waals surface area contributed by atoms with Crippen LogP contribution in [0.1, 0.15) is 24.3 Å². The minimum absolute atomic E-state index is 0.0308. The Balaban J connectivity index is 1.49. The van der Waals surface area contributed by atoms with E-state index < -0.39 is 11.6 Å². The predicted molar refractivity (Wildman–Crippen MR) is 104 cm³/mol. The van der Waals surface area contributed by atoms with Crippen LogP contribution in [-0.4, -0.2) is 35.5 Å². The molecule has 3 aromatic rings. The monoisotopic (exact) mass is 399 g/mol. The van der Waals surface area contributed by atoms with Crippen molar-refractivity contribution in [2.45, 2.75) is 18.8 Å². The molecule has 1 aliphatic heterocycles. The molecule has 0 atom stereocenters. The van der Waals surface area contributed by atoms with Crippen LogP contribution in [0.5, 0.6) is 0 Å². The fourth-order valence-corrected chi connectivity index (χ4v) is 4.63. The molecule has 0 bridgehead atoms. The maximum Gasteiger partial charge on any atom is 0.317 e. The summed E-state index contributed by atoms with van der Waals surface area (Å²) >= 11 is 0. The third-order valence-corrected chi connectivity index (χ3v) is 6.07. The maximum atomic E-state index is 14.4. The van der Waals surface area contributed by atoms with Gasteiger partial charge in [0.25, 0.3) is 0 Å². The first kappa shape index (κ1) is 18.1. The van der Waals surface area contributed by atoms with Crippen LogP contribution < -0.4 is 5.32 Å². The van der Waals surface area contributed by atoms with E-state index in [4.69, 9.17) is 0 Å². The van der Waals surface area contributed by atoms with E-state index in [1.165, 1.54) is 18.2 Å². The van der Waals surface area contributed by atoms with Crippen molar-refractivity contribution in [3.8, 4) is 11.3 Å². The quantitative estimate of drug-likeness (QED) is 0.652. The molecule has 0 spiro atoms. The van der Waals surface area contributed by atoms with Crippen molar-refractivity contribution in [1.29, 1.82) is 0 Å². The van der Waals surface area contributed by atoms with Crippen LogP contribution in [0.3, 0.4) is 0 Å². The molecular weight excluding hydrogens is 379 g/mol. The summed E-state index contributed by atoms with van der Waals surface area (Å²) in [6.45, 7) is 2.08. The van der Waals surface area contributed by atoms with Gasteiger partial charge in [0.15, 0.2) is 0 Å². The lowest BCUT2D eigenvalue weighted by molar-refractivity contribution is 0.176. The van der Waals surface area contributed by atoms with E-state index in [1.807, 2.05) is 4.90 Å². The van der Waals surface area contributed by atoms with Gasteiger partial charge in [0.1, 0.15) is 17.5 Å². The van der Waals surface area contributed by atoms with Crippen LogP contribution in [0.15, 0.2) is 36.4 Å². The second kappa shape index (κ2) is 6.83. The van der Waals surface area contributed by atoms with Crippen LogP contribution in [0, 0.1) is 23.4 Å². The molecule has 2 N–H and O–H groups in total. The number of benzene rings is 2. The number of aromatic nitrogens is 1. The number of H-pyrrole nitrogens is 1. The summed E-state index contributed by atoms with van der Waals surface area (Å²) in [7, 11) is 0. The highest BCUT2D eigenvalue weighted by atomic mass is 19.1. The lowest BCUT2D eigenvalue weighted by Gasteiger charge is -2.38. The molecule has 2 aliphatic rings. The average molecular weight is 399 g/mol. The summed E-state index contributed by atoms with van der Waals surface area (Å²) in [5.74, 6) is -1.13. The summed E-state index contributed by atoms with van der Waals surface area (Å²) in [5.41, 5.74) is 2.57. The molecular formula is C22H20F3N3O. The molecule has 2 amide bonds. The molecule has 1 aromatic heterocycles. The first-order chi connectivity index (χ1) is 14.0. The van der Waals surface area contributed by atoms with Gasteiger partial charge in [-0.1, -0.05) is 0 Å². The van der Waals surface area contributed by atoms with Crippen LogP contribution in [0.4, 0.5) is 18.0 Å². The number of nitrogens with zero attached hydrogens (tertiary/aromatic N) is 1. The van der Waals surface area contributed by atoms with Gasteiger partial charge in [0, 0.05) is 31.1 Å².